The summed E-state index contributed by atoms with van der Waals surface area (Å²) in [6.07, 6.45) is 2.10. The minimum Gasteiger partial charge on any atom is -0.511 e. The number of benzene rings is 1. The van der Waals surface area contributed by atoms with Crippen LogP contribution in [0, 0.1) is 29.5 Å². The van der Waals surface area contributed by atoms with Crippen LogP contribution in [0.2, 0.25) is 0 Å². The summed E-state index contributed by atoms with van der Waals surface area (Å²) in [4.78, 5) is 53.9. The van der Waals surface area contributed by atoms with Gasteiger partial charge < -0.3 is 31.5 Å². The third-order valence-electron chi connectivity index (χ3n) is 9.30. The smallest absolute Gasteiger partial charge is 0.255 e. The average Bonchev–Trinajstić information content (AvgIpc) is 3.41. The minimum absolute atomic E-state index is 0.0244. The van der Waals surface area contributed by atoms with E-state index in [9.17, 15) is 39.6 Å². The second-order valence-corrected chi connectivity index (χ2v) is 11.6. The maximum atomic E-state index is 15.4. The van der Waals surface area contributed by atoms with Crippen LogP contribution in [0.25, 0.3) is 0 Å². The number of rotatable bonds is 6. The fourth-order valence-corrected chi connectivity index (χ4v) is 7.09. The van der Waals surface area contributed by atoms with Crippen molar-refractivity contribution in [2.24, 2.45) is 29.4 Å². The Morgan fingerprint density at radius 2 is 1.88 bits per heavy atom. The van der Waals surface area contributed by atoms with Gasteiger partial charge >= 0.3 is 0 Å². The fraction of sp³-hybridized carbons (Fsp3) is 0.517. The van der Waals surface area contributed by atoms with Crippen LogP contribution in [-0.2, 0) is 20.8 Å². The molecule has 0 bridgehead atoms. The van der Waals surface area contributed by atoms with Gasteiger partial charge in [-0.2, -0.15) is 0 Å². The van der Waals surface area contributed by atoms with Gasteiger partial charge in [-0.3, -0.25) is 24.1 Å². The molecule has 0 aromatic heterocycles. The number of halogens is 1. The molecule has 5 rings (SSSR count). The minimum atomic E-state index is -2.75. The average molecular weight is 572 g/mol. The van der Waals surface area contributed by atoms with Gasteiger partial charge in [-0.15, -0.1) is 0 Å². The van der Waals surface area contributed by atoms with Crippen LogP contribution in [0.4, 0.5) is 10.1 Å². The van der Waals surface area contributed by atoms with Crippen LogP contribution in [0.1, 0.15) is 55.5 Å². The molecule has 11 nitrogen and oxygen atoms in total. The highest BCUT2D eigenvalue weighted by Crippen LogP contribution is 2.55. The standard InChI is InChI=1S/C29H34FN3O8/c1-3-12(2)19-15-9-13-8-14-16(30)10-17(32-18(34)11-33-6-4-5-7-33)23(35)21(14)25(37)20(13)26(38)29(15,41)27(39)22(24(19)36)28(31)40/h10,12-13,15,19,35-36,38,41H,3-9,11H2,1-2H3,(H2,31,40)(H,32,34)/t12?,13-,15-,19-,29-/m0/s1. The van der Waals surface area contributed by atoms with Crippen molar-refractivity contribution in [3.05, 3.63) is 45.7 Å². The first-order chi connectivity index (χ1) is 19.3. The number of primary amides is 1. The number of aliphatic hydroxyl groups is 3. The van der Waals surface area contributed by atoms with Gasteiger partial charge in [0.15, 0.2) is 17.1 Å². The molecule has 1 saturated heterocycles. The second kappa shape index (κ2) is 10.3. The zero-order valence-electron chi connectivity index (χ0n) is 22.9. The molecule has 1 fully saturated rings. The number of phenolic OH excluding ortho intramolecular Hbond substituents is 1. The summed E-state index contributed by atoms with van der Waals surface area (Å²) in [5, 5.41) is 47.6. The van der Waals surface area contributed by atoms with Gasteiger partial charge in [-0.05, 0) is 50.6 Å². The quantitative estimate of drug-likeness (QED) is 0.219. The van der Waals surface area contributed by atoms with E-state index in [1.165, 1.54) is 0 Å². The Labute approximate surface area is 235 Å². The maximum Gasteiger partial charge on any atom is 0.255 e. The molecule has 1 aliphatic heterocycles. The van der Waals surface area contributed by atoms with Gasteiger partial charge in [-0.25, -0.2) is 4.39 Å². The van der Waals surface area contributed by atoms with Gasteiger partial charge in [0.25, 0.3) is 5.91 Å². The number of ketones is 2. The number of hydrogen-bond donors (Lipinski definition) is 6. The lowest BCUT2D eigenvalue weighted by Gasteiger charge is -2.50. The number of hydrogen-bond acceptors (Lipinski definition) is 9. The molecular weight excluding hydrogens is 537 g/mol. The second-order valence-electron chi connectivity index (χ2n) is 11.6. The lowest BCUT2D eigenvalue weighted by Crippen LogP contribution is -2.60. The molecule has 1 aromatic rings. The lowest BCUT2D eigenvalue weighted by atomic mass is 9.55. The molecule has 2 amide bonds. The first-order valence-corrected chi connectivity index (χ1v) is 13.9. The number of carbonyl (C=O) groups is 4. The molecule has 7 N–H and O–H groups in total. The van der Waals surface area contributed by atoms with Crippen LogP contribution in [-0.4, -0.2) is 73.9 Å². The Hall–Kier alpha value is -3.77. The van der Waals surface area contributed by atoms with Crippen LogP contribution < -0.4 is 11.1 Å². The normalized spacial score (nSPS) is 28.7. The SMILES string of the molecule is CCC(C)[C@@H]1C(O)=C(C(N)=O)C(=O)[C@@]2(O)C(O)=C3C(=O)c4c(O)c(NC(=O)CN5CCCC5)cc(F)c4C[C@H]3C[C@@H]12. The number of phenols is 1. The van der Waals surface area contributed by atoms with Crippen molar-refractivity contribution in [3.63, 3.8) is 0 Å². The topological polar surface area (TPSA) is 190 Å². The van der Waals surface area contributed by atoms with Gasteiger partial charge in [0.1, 0.15) is 22.9 Å². The Kier molecular flexibility index (Phi) is 7.19. The summed E-state index contributed by atoms with van der Waals surface area (Å²) >= 11 is 0. The first kappa shape index (κ1) is 28.7. The summed E-state index contributed by atoms with van der Waals surface area (Å²) in [5.41, 5.74) is 0.448. The highest BCUT2D eigenvalue weighted by Gasteiger charge is 2.63. The van der Waals surface area contributed by atoms with E-state index < -0.39 is 86.5 Å². The van der Waals surface area contributed by atoms with E-state index >= 15 is 4.39 Å². The Morgan fingerprint density at radius 1 is 1.22 bits per heavy atom. The summed E-state index contributed by atoms with van der Waals surface area (Å²) in [7, 11) is 0. The summed E-state index contributed by atoms with van der Waals surface area (Å²) in [6.45, 7) is 5.04. The number of anilines is 1. The Bertz CT molecular complexity index is 1430. The molecule has 5 atom stereocenters. The number of Topliss-reactive ketones (excluding diaryl/α,β-unsaturated/α-hetero) is 2. The van der Waals surface area contributed by atoms with Crippen molar-refractivity contribution in [1.29, 1.82) is 0 Å². The zero-order chi connectivity index (χ0) is 30.0. The van der Waals surface area contributed by atoms with Crippen LogP contribution in [0.3, 0.4) is 0 Å². The molecule has 0 spiro atoms. The van der Waals surface area contributed by atoms with Gasteiger partial charge in [0.2, 0.25) is 11.7 Å². The molecule has 0 radical (unpaired) electrons. The number of aromatic hydroxyl groups is 1. The van der Waals surface area contributed by atoms with E-state index in [0.29, 0.717) is 6.42 Å². The fourth-order valence-electron chi connectivity index (χ4n) is 7.09. The molecule has 1 aromatic carbocycles. The zero-order valence-corrected chi connectivity index (χ0v) is 22.9. The molecule has 12 heteroatoms. The molecular formula is C29H34FN3O8. The maximum absolute atomic E-state index is 15.4. The molecule has 41 heavy (non-hydrogen) atoms. The number of nitrogens with two attached hydrogens (primary N) is 1. The molecule has 4 aliphatic rings. The largest absolute Gasteiger partial charge is 0.511 e. The van der Waals surface area contributed by atoms with E-state index in [4.69, 9.17) is 5.73 Å². The van der Waals surface area contributed by atoms with E-state index in [-0.39, 0.29) is 36.6 Å². The van der Waals surface area contributed by atoms with E-state index in [0.717, 1.165) is 32.0 Å². The lowest BCUT2D eigenvalue weighted by molar-refractivity contribution is -0.149. The third-order valence-corrected chi connectivity index (χ3v) is 9.30. The van der Waals surface area contributed by atoms with Crippen molar-refractivity contribution in [1.82, 2.24) is 4.90 Å². The van der Waals surface area contributed by atoms with E-state index in [2.05, 4.69) is 5.32 Å². The summed E-state index contributed by atoms with van der Waals surface area (Å²) in [5.74, 6) is -10.6. The number of amides is 2. The predicted molar refractivity (Wildman–Crippen MR) is 143 cm³/mol. The first-order valence-electron chi connectivity index (χ1n) is 13.9. The molecule has 220 valence electrons. The predicted octanol–water partition coefficient (Wildman–Crippen LogP) is 2.03. The monoisotopic (exact) mass is 571 g/mol. The number of fused-ring (bicyclic) bond motifs is 3. The summed E-state index contributed by atoms with van der Waals surface area (Å²) < 4.78 is 15.4. The molecule has 1 unspecified atom stereocenters. The van der Waals surface area contributed by atoms with E-state index in [1.807, 2.05) is 4.90 Å². The van der Waals surface area contributed by atoms with E-state index in [1.54, 1.807) is 13.8 Å². The number of carbonyl (C=O) groups excluding carboxylic acids is 4. The highest BCUT2D eigenvalue weighted by atomic mass is 19.1. The van der Waals surface area contributed by atoms with Gasteiger partial charge in [-0.1, -0.05) is 20.3 Å². The molecule has 1 heterocycles. The number of likely N-dealkylation sites (tertiary alicyclic amines) is 1. The Balaban J connectivity index is 1.59. The highest BCUT2D eigenvalue weighted by molar-refractivity contribution is 6.24. The van der Waals surface area contributed by atoms with Gasteiger partial charge in [0.05, 0.1) is 17.8 Å². The molecule has 0 saturated carbocycles. The number of allylic oxidation sites excluding steroid dienone is 2. The Morgan fingerprint density at radius 3 is 2.49 bits per heavy atom. The van der Waals surface area contributed by atoms with Crippen LogP contribution in [0.5, 0.6) is 5.75 Å². The van der Waals surface area contributed by atoms with Crippen molar-refractivity contribution in [2.75, 3.05) is 25.0 Å². The number of nitrogens with zero attached hydrogens (tertiary/aromatic N) is 1. The van der Waals surface area contributed by atoms with Crippen molar-refractivity contribution >= 4 is 29.1 Å². The van der Waals surface area contributed by atoms with Crippen LogP contribution >= 0.6 is 0 Å². The molecule has 3 aliphatic carbocycles. The number of aliphatic hydroxyl groups excluding tert-OH is 2. The van der Waals surface area contributed by atoms with Crippen molar-refractivity contribution < 1.29 is 44.0 Å². The van der Waals surface area contributed by atoms with Gasteiger partial charge in [0, 0.05) is 29.0 Å². The van der Waals surface area contributed by atoms with Crippen LogP contribution in [0.15, 0.2) is 28.7 Å². The van der Waals surface area contributed by atoms with Crippen molar-refractivity contribution in [2.45, 2.75) is 51.6 Å². The number of nitrogens with one attached hydrogen (secondary N) is 1. The third kappa shape index (κ3) is 4.31. The van der Waals surface area contributed by atoms with Crippen molar-refractivity contribution in [3.8, 4) is 5.75 Å². The summed E-state index contributed by atoms with van der Waals surface area (Å²) in [6, 6.07) is 0.941.